The van der Waals surface area contributed by atoms with Gasteiger partial charge >= 0.3 is 0 Å². The highest BCUT2D eigenvalue weighted by molar-refractivity contribution is 5.25. The molecule has 0 aromatic heterocycles. The highest BCUT2D eigenvalue weighted by Gasteiger charge is 2.27. The maximum atomic E-state index is 9.28. The van der Waals surface area contributed by atoms with Gasteiger partial charge in [-0.05, 0) is 19.4 Å². The molecule has 1 rings (SSSR count). The molecule has 16 heavy (non-hydrogen) atoms. The van der Waals surface area contributed by atoms with Crippen molar-refractivity contribution in [1.82, 2.24) is 5.32 Å². The van der Waals surface area contributed by atoms with Crippen LogP contribution in [0.1, 0.15) is 33.3 Å². The molecule has 0 amide bonds. The molecule has 0 aliphatic carbocycles. The smallest absolute Gasteiger partial charge is 0.0636 e. The van der Waals surface area contributed by atoms with Crippen molar-refractivity contribution in [2.75, 3.05) is 6.54 Å². The maximum Gasteiger partial charge on any atom is 0.0636 e. The summed E-state index contributed by atoms with van der Waals surface area (Å²) in [4.78, 5) is 0. The van der Waals surface area contributed by atoms with E-state index in [1.54, 1.807) is 6.92 Å². The molecule has 0 aliphatic rings. The van der Waals surface area contributed by atoms with Crippen LogP contribution in [0.25, 0.3) is 0 Å². The molecule has 0 heterocycles. The fourth-order valence-electron chi connectivity index (χ4n) is 1.72. The fourth-order valence-corrected chi connectivity index (χ4v) is 1.72. The second kappa shape index (κ2) is 5.46. The van der Waals surface area contributed by atoms with Gasteiger partial charge in [-0.15, -0.1) is 0 Å². The van der Waals surface area contributed by atoms with Gasteiger partial charge in [-0.25, -0.2) is 0 Å². The molecule has 2 heteroatoms. The van der Waals surface area contributed by atoms with E-state index in [0.29, 0.717) is 12.6 Å². The summed E-state index contributed by atoms with van der Waals surface area (Å²) < 4.78 is 0. The van der Waals surface area contributed by atoms with Crippen molar-refractivity contribution in [3.8, 4) is 0 Å². The van der Waals surface area contributed by atoms with Gasteiger partial charge in [-0.2, -0.15) is 0 Å². The first-order valence-corrected chi connectivity index (χ1v) is 5.91. The lowest BCUT2D eigenvalue weighted by Gasteiger charge is -2.33. The molecule has 90 valence electrons. The third-order valence-corrected chi connectivity index (χ3v) is 3.32. The molecule has 0 bridgehead atoms. The monoisotopic (exact) mass is 221 g/mol. The zero-order valence-electron chi connectivity index (χ0n) is 10.7. The predicted molar refractivity (Wildman–Crippen MR) is 68.6 cm³/mol. The van der Waals surface area contributed by atoms with Gasteiger partial charge in [0.1, 0.15) is 0 Å². The molecule has 2 atom stereocenters. The Labute approximate surface area is 98.7 Å². The van der Waals surface area contributed by atoms with Crippen LogP contribution in [-0.2, 0) is 5.41 Å². The first kappa shape index (κ1) is 13.2. The van der Waals surface area contributed by atoms with Gasteiger partial charge in [0.05, 0.1) is 6.10 Å². The largest absolute Gasteiger partial charge is 0.392 e. The molecule has 0 aliphatic heterocycles. The van der Waals surface area contributed by atoms with Crippen LogP contribution in [0.3, 0.4) is 0 Å². The average molecular weight is 221 g/mol. The Morgan fingerprint density at radius 1 is 1.19 bits per heavy atom. The van der Waals surface area contributed by atoms with E-state index < -0.39 is 0 Å². The third-order valence-electron chi connectivity index (χ3n) is 3.32. The highest BCUT2D eigenvalue weighted by atomic mass is 16.3. The maximum absolute atomic E-state index is 9.28. The van der Waals surface area contributed by atoms with Crippen molar-refractivity contribution in [2.45, 2.75) is 45.3 Å². The number of hydrogen-bond donors (Lipinski definition) is 2. The minimum atomic E-state index is -0.297. The van der Waals surface area contributed by atoms with Crippen LogP contribution in [0.2, 0.25) is 0 Å². The molecule has 0 radical (unpaired) electrons. The SMILES string of the molecule is CC(NC[C@H](C)O)C(C)(C)c1ccccc1. The molecule has 0 saturated carbocycles. The molecule has 1 aromatic carbocycles. The summed E-state index contributed by atoms with van der Waals surface area (Å²) >= 11 is 0. The minimum absolute atomic E-state index is 0.0656. The average Bonchev–Trinajstić information content (AvgIpc) is 2.27. The van der Waals surface area contributed by atoms with Crippen LogP contribution in [-0.4, -0.2) is 23.8 Å². The van der Waals surface area contributed by atoms with Gasteiger partial charge < -0.3 is 10.4 Å². The minimum Gasteiger partial charge on any atom is -0.392 e. The van der Waals surface area contributed by atoms with Crippen molar-refractivity contribution >= 4 is 0 Å². The predicted octanol–water partition coefficient (Wildman–Crippen LogP) is 2.32. The van der Waals surface area contributed by atoms with E-state index >= 15 is 0 Å². The first-order valence-electron chi connectivity index (χ1n) is 5.91. The van der Waals surface area contributed by atoms with E-state index in [9.17, 15) is 5.11 Å². The van der Waals surface area contributed by atoms with Crippen LogP contribution >= 0.6 is 0 Å². The van der Waals surface area contributed by atoms with Gasteiger partial charge in [0.2, 0.25) is 0 Å². The van der Waals surface area contributed by atoms with Gasteiger partial charge in [-0.1, -0.05) is 44.2 Å². The normalized spacial score (nSPS) is 15.8. The Balaban J connectivity index is 2.69. The molecule has 0 saturated heterocycles. The van der Waals surface area contributed by atoms with Gasteiger partial charge in [-0.3, -0.25) is 0 Å². The van der Waals surface area contributed by atoms with Crippen LogP contribution < -0.4 is 5.32 Å². The van der Waals surface area contributed by atoms with Gasteiger partial charge in [0.25, 0.3) is 0 Å². The van der Waals surface area contributed by atoms with Crippen LogP contribution in [0.15, 0.2) is 30.3 Å². The standard InChI is InChI=1S/C14H23NO/c1-11(16)10-15-12(2)14(3,4)13-8-6-5-7-9-13/h5-9,11-12,15-16H,10H2,1-4H3/t11-,12?/m0/s1. The molecular weight excluding hydrogens is 198 g/mol. The summed E-state index contributed by atoms with van der Waals surface area (Å²) in [7, 11) is 0. The van der Waals surface area contributed by atoms with Crippen LogP contribution in [0.4, 0.5) is 0 Å². The lowest BCUT2D eigenvalue weighted by molar-refractivity contribution is 0.180. The summed E-state index contributed by atoms with van der Waals surface area (Å²) in [5.41, 5.74) is 1.39. The zero-order valence-corrected chi connectivity index (χ0v) is 10.7. The summed E-state index contributed by atoms with van der Waals surface area (Å²) in [6.07, 6.45) is -0.297. The Bertz CT molecular complexity index is 306. The Morgan fingerprint density at radius 2 is 1.75 bits per heavy atom. The molecule has 0 spiro atoms. The lowest BCUT2D eigenvalue weighted by Crippen LogP contribution is -2.44. The molecule has 0 fully saturated rings. The van der Waals surface area contributed by atoms with Crippen molar-refractivity contribution in [3.05, 3.63) is 35.9 Å². The van der Waals surface area contributed by atoms with Crippen LogP contribution in [0, 0.1) is 0 Å². The van der Waals surface area contributed by atoms with Crippen molar-refractivity contribution in [3.63, 3.8) is 0 Å². The number of benzene rings is 1. The Kier molecular flexibility index (Phi) is 4.51. The first-order chi connectivity index (χ1) is 7.44. The van der Waals surface area contributed by atoms with E-state index in [1.807, 2.05) is 6.07 Å². The second-order valence-electron chi connectivity index (χ2n) is 5.07. The van der Waals surface area contributed by atoms with E-state index in [4.69, 9.17) is 0 Å². The van der Waals surface area contributed by atoms with E-state index in [0.717, 1.165) is 0 Å². The van der Waals surface area contributed by atoms with Crippen molar-refractivity contribution < 1.29 is 5.11 Å². The summed E-state index contributed by atoms with van der Waals surface area (Å²) in [5.74, 6) is 0. The lowest BCUT2D eigenvalue weighted by atomic mass is 9.78. The number of hydrogen-bond acceptors (Lipinski definition) is 2. The highest BCUT2D eigenvalue weighted by Crippen LogP contribution is 2.26. The molecule has 1 unspecified atom stereocenters. The second-order valence-corrected chi connectivity index (χ2v) is 5.07. The molecule has 2 N–H and O–H groups in total. The zero-order chi connectivity index (χ0) is 12.2. The fraction of sp³-hybridized carbons (Fsp3) is 0.571. The molecular formula is C14H23NO. The molecule has 1 aromatic rings. The number of aliphatic hydroxyl groups is 1. The topological polar surface area (TPSA) is 32.3 Å². The summed E-state index contributed by atoms with van der Waals surface area (Å²) in [5, 5.41) is 12.6. The van der Waals surface area contributed by atoms with Crippen molar-refractivity contribution in [2.24, 2.45) is 0 Å². The third kappa shape index (κ3) is 3.32. The summed E-state index contributed by atoms with van der Waals surface area (Å²) in [6.45, 7) is 9.05. The quantitative estimate of drug-likeness (QED) is 0.800. The van der Waals surface area contributed by atoms with Crippen LogP contribution in [0.5, 0.6) is 0 Å². The van der Waals surface area contributed by atoms with E-state index in [2.05, 4.69) is 50.4 Å². The Hall–Kier alpha value is -0.860. The summed E-state index contributed by atoms with van der Waals surface area (Å²) in [6, 6.07) is 10.8. The number of aliphatic hydroxyl groups excluding tert-OH is 1. The number of nitrogens with one attached hydrogen (secondary N) is 1. The molecule has 2 nitrogen and oxygen atoms in total. The van der Waals surface area contributed by atoms with E-state index in [1.165, 1.54) is 5.56 Å². The van der Waals surface area contributed by atoms with Crippen molar-refractivity contribution in [1.29, 1.82) is 0 Å². The van der Waals surface area contributed by atoms with E-state index in [-0.39, 0.29) is 11.5 Å². The number of rotatable bonds is 5. The Morgan fingerprint density at radius 3 is 2.25 bits per heavy atom. The van der Waals surface area contributed by atoms with Gasteiger partial charge in [0.15, 0.2) is 0 Å². The van der Waals surface area contributed by atoms with Gasteiger partial charge in [0, 0.05) is 18.0 Å².